The fourth-order valence-corrected chi connectivity index (χ4v) is 3.46. The quantitative estimate of drug-likeness (QED) is 0.925. The van der Waals surface area contributed by atoms with E-state index in [0.29, 0.717) is 30.5 Å². The number of amides is 1. The molecule has 122 valence electrons. The van der Waals surface area contributed by atoms with Crippen LogP contribution in [0.5, 0.6) is 5.75 Å². The Morgan fingerprint density at radius 3 is 2.77 bits per heavy atom. The SMILES string of the molecule is Cl.NC1CCC2CN(C(=O)c3cccc(OC(F)F)c3)CC12. The summed E-state index contributed by atoms with van der Waals surface area (Å²) >= 11 is 0. The number of rotatable bonds is 3. The topological polar surface area (TPSA) is 55.6 Å². The maximum Gasteiger partial charge on any atom is 0.387 e. The Hall–Kier alpha value is -1.40. The van der Waals surface area contributed by atoms with E-state index in [0.717, 1.165) is 12.8 Å². The fourth-order valence-electron chi connectivity index (χ4n) is 3.46. The van der Waals surface area contributed by atoms with Gasteiger partial charge in [-0.05, 0) is 42.9 Å². The Balaban J connectivity index is 0.00000176. The Morgan fingerprint density at radius 2 is 2.09 bits per heavy atom. The second kappa shape index (κ2) is 6.79. The number of nitrogens with two attached hydrogens (primary N) is 1. The van der Waals surface area contributed by atoms with E-state index in [2.05, 4.69) is 4.74 Å². The van der Waals surface area contributed by atoms with Crippen molar-refractivity contribution in [3.05, 3.63) is 29.8 Å². The Kier molecular flexibility index (Phi) is 5.24. The highest BCUT2D eigenvalue weighted by molar-refractivity contribution is 5.94. The molecule has 2 fully saturated rings. The molecule has 22 heavy (non-hydrogen) atoms. The van der Waals surface area contributed by atoms with Crippen LogP contribution in [-0.2, 0) is 0 Å². The molecule has 1 aliphatic carbocycles. The van der Waals surface area contributed by atoms with E-state index in [1.165, 1.54) is 12.1 Å². The molecule has 1 aromatic carbocycles. The van der Waals surface area contributed by atoms with Crippen molar-refractivity contribution in [2.24, 2.45) is 17.6 Å². The molecule has 2 aliphatic rings. The molecule has 2 N–H and O–H groups in total. The number of halogens is 3. The first-order valence-electron chi connectivity index (χ1n) is 7.14. The second-order valence-electron chi connectivity index (χ2n) is 5.78. The van der Waals surface area contributed by atoms with Gasteiger partial charge in [0.15, 0.2) is 0 Å². The minimum Gasteiger partial charge on any atom is -0.435 e. The van der Waals surface area contributed by atoms with Crippen molar-refractivity contribution >= 4 is 18.3 Å². The van der Waals surface area contributed by atoms with Gasteiger partial charge >= 0.3 is 6.61 Å². The molecule has 1 heterocycles. The first-order chi connectivity index (χ1) is 10.0. The van der Waals surface area contributed by atoms with Crippen molar-refractivity contribution in [1.29, 1.82) is 0 Å². The summed E-state index contributed by atoms with van der Waals surface area (Å²) in [6, 6.07) is 6.11. The molecular weight excluding hydrogens is 314 g/mol. The third-order valence-corrected chi connectivity index (χ3v) is 4.51. The van der Waals surface area contributed by atoms with E-state index < -0.39 is 6.61 Å². The monoisotopic (exact) mass is 332 g/mol. The minimum atomic E-state index is -2.89. The maximum atomic E-state index is 12.5. The summed E-state index contributed by atoms with van der Waals surface area (Å²) in [6.07, 6.45) is 2.08. The van der Waals surface area contributed by atoms with Crippen molar-refractivity contribution < 1.29 is 18.3 Å². The maximum absolute atomic E-state index is 12.5. The summed E-state index contributed by atoms with van der Waals surface area (Å²) in [5.41, 5.74) is 6.44. The first kappa shape index (κ1) is 17.0. The van der Waals surface area contributed by atoms with E-state index in [4.69, 9.17) is 5.73 Å². The number of carbonyl (C=O) groups excluding carboxylic acids is 1. The van der Waals surface area contributed by atoms with E-state index in [1.807, 2.05) is 0 Å². The van der Waals surface area contributed by atoms with E-state index >= 15 is 0 Å². The lowest BCUT2D eigenvalue weighted by atomic mass is 9.98. The van der Waals surface area contributed by atoms with E-state index in [-0.39, 0.29) is 30.1 Å². The van der Waals surface area contributed by atoms with Crippen LogP contribution >= 0.6 is 12.4 Å². The number of hydrogen-bond donors (Lipinski definition) is 1. The van der Waals surface area contributed by atoms with Crippen molar-refractivity contribution in [2.75, 3.05) is 13.1 Å². The van der Waals surface area contributed by atoms with Gasteiger partial charge in [0.2, 0.25) is 0 Å². The zero-order valence-electron chi connectivity index (χ0n) is 12.0. The molecule has 3 rings (SSSR count). The zero-order chi connectivity index (χ0) is 15.0. The van der Waals surface area contributed by atoms with Gasteiger partial charge < -0.3 is 15.4 Å². The Morgan fingerprint density at radius 1 is 1.32 bits per heavy atom. The van der Waals surface area contributed by atoms with Crippen molar-refractivity contribution in [2.45, 2.75) is 25.5 Å². The second-order valence-corrected chi connectivity index (χ2v) is 5.78. The zero-order valence-corrected chi connectivity index (χ0v) is 12.8. The van der Waals surface area contributed by atoms with Crippen LogP contribution < -0.4 is 10.5 Å². The number of ether oxygens (including phenoxy) is 1. The van der Waals surface area contributed by atoms with Gasteiger partial charge in [-0.25, -0.2) is 0 Å². The molecule has 1 aliphatic heterocycles. The van der Waals surface area contributed by atoms with E-state index in [9.17, 15) is 13.6 Å². The van der Waals surface area contributed by atoms with Gasteiger partial charge in [0.05, 0.1) is 0 Å². The molecule has 1 amide bonds. The largest absolute Gasteiger partial charge is 0.435 e. The smallest absolute Gasteiger partial charge is 0.387 e. The summed E-state index contributed by atoms with van der Waals surface area (Å²) in [4.78, 5) is 14.2. The van der Waals surface area contributed by atoms with E-state index in [1.54, 1.807) is 17.0 Å². The lowest BCUT2D eigenvalue weighted by Crippen LogP contribution is -2.33. The predicted molar refractivity (Wildman–Crippen MR) is 80.4 cm³/mol. The van der Waals surface area contributed by atoms with Crippen molar-refractivity contribution in [3.63, 3.8) is 0 Å². The van der Waals surface area contributed by atoms with Crippen LogP contribution in [0.25, 0.3) is 0 Å². The third-order valence-electron chi connectivity index (χ3n) is 4.51. The lowest BCUT2D eigenvalue weighted by molar-refractivity contribution is -0.0499. The number of alkyl halides is 2. The summed E-state index contributed by atoms with van der Waals surface area (Å²) in [5, 5.41) is 0. The van der Waals surface area contributed by atoms with Gasteiger partial charge in [-0.15, -0.1) is 12.4 Å². The summed E-state index contributed by atoms with van der Waals surface area (Å²) in [5.74, 6) is 0.710. The summed E-state index contributed by atoms with van der Waals surface area (Å²) < 4.78 is 28.8. The molecule has 4 nitrogen and oxygen atoms in total. The number of nitrogens with zero attached hydrogens (tertiary/aromatic N) is 1. The molecular formula is C15H19ClF2N2O2. The van der Waals surface area contributed by atoms with Gasteiger partial charge in [0.25, 0.3) is 5.91 Å². The van der Waals surface area contributed by atoms with Crippen LogP contribution in [-0.4, -0.2) is 36.5 Å². The molecule has 1 saturated heterocycles. The van der Waals surface area contributed by atoms with Crippen molar-refractivity contribution in [1.82, 2.24) is 4.90 Å². The first-order valence-corrected chi connectivity index (χ1v) is 7.14. The molecule has 3 unspecified atom stereocenters. The van der Waals surface area contributed by atoms with Crippen LogP contribution in [0.3, 0.4) is 0 Å². The van der Waals surface area contributed by atoms with Gasteiger partial charge in [-0.3, -0.25) is 4.79 Å². The molecule has 3 atom stereocenters. The average molecular weight is 333 g/mol. The Labute approximate surface area is 134 Å². The van der Waals surface area contributed by atoms with Gasteiger partial charge in [0, 0.05) is 24.7 Å². The molecule has 0 spiro atoms. The van der Waals surface area contributed by atoms with Crippen LogP contribution in [0.15, 0.2) is 24.3 Å². The average Bonchev–Trinajstić information content (AvgIpc) is 3.00. The number of likely N-dealkylation sites (tertiary alicyclic amines) is 1. The molecule has 0 bridgehead atoms. The number of benzene rings is 1. The van der Waals surface area contributed by atoms with Crippen LogP contribution in [0, 0.1) is 11.8 Å². The molecule has 0 radical (unpaired) electrons. The van der Waals surface area contributed by atoms with Gasteiger partial charge in [-0.1, -0.05) is 6.07 Å². The highest BCUT2D eigenvalue weighted by Gasteiger charge is 2.42. The molecule has 1 saturated carbocycles. The highest BCUT2D eigenvalue weighted by atomic mass is 35.5. The van der Waals surface area contributed by atoms with Crippen molar-refractivity contribution in [3.8, 4) is 5.75 Å². The number of carbonyl (C=O) groups is 1. The summed E-state index contributed by atoms with van der Waals surface area (Å²) in [6.45, 7) is -1.53. The number of fused-ring (bicyclic) bond motifs is 1. The highest BCUT2D eigenvalue weighted by Crippen LogP contribution is 2.37. The van der Waals surface area contributed by atoms with Crippen LogP contribution in [0.1, 0.15) is 23.2 Å². The van der Waals surface area contributed by atoms with Crippen LogP contribution in [0.2, 0.25) is 0 Å². The Bertz CT molecular complexity index is 544. The van der Waals surface area contributed by atoms with Gasteiger partial charge in [0.1, 0.15) is 5.75 Å². The summed E-state index contributed by atoms with van der Waals surface area (Å²) in [7, 11) is 0. The van der Waals surface area contributed by atoms with Gasteiger partial charge in [-0.2, -0.15) is 8.78 Å². The minimum absolute atomic E-state index is 0. The van der Waals surface area contributed by atoms with Crippen LogP contribution in [0.4, 0.5) is 8.78 Å². The normalized spacial score (nSPS) is 26.7. The standard InChI is InChI=1S/C15H18F2N2O2.ClH/c16-15(17)21-11-3-1-2-9(6-11)14(20)19-7-10-4-5-13(18)12(10)8-19;/h1-3,6,10,12-13,15H,4-5,7-8,18H2;1H. The third kappa shape index (κ3) is 3.33. The molecule has 1 aromatic rings. The predicted octanol–water partition coefficient (Wildman–Crippen LogP) is 2.52. The fraction of sp³-hybridized carbons (Fsp3) is 0.533. The molecule has 0 aromatic heterocycles. The number of hydrogen-bond acceptors (Lipinski definition) is 3. The lowest BCUT2D eigenvalue weighted by Gasteiger charge is -2.19. The molecule has 7 heteroatoms.